The van der Waals surface area contributed by atoms with Crippen molar-refractivity contribution in [2.24, 2.45) is 11.3 Å². The van der Waals surface area contributed by atoms with E-state index in [0.29, 0.717) is 11.3 Å². The number of hydrogen-bond acceptors (Lipinski definition) is 0. The fourth-order valence-electron chi connectivity index (χ4n) is 5.56. The predicted molar refractivity (Wildman–Crippen MR) is 214 cm³/mol. The Kier molecular flexibility index (Phi) is 15.2. The summed E-state index contributed by atoms with van der Waals surface area (Å²) in [5.41, 5.74) is 7.65. The molecule has 1 atom stereocenters. The maximum absolute atomic E-state index is 3.38. The van der Waals surface area contributed by atoms with E-state index in [1.165, 1.54) is 76.8 Å². The standard InChI is InChI=1S/C21H25.C13H10.C11H17.2ClH.Zr/c1-20(2,3)16-7-9-18-14(12-16)11-15-13-17(21(4,5)6)8-10-19(15)18;1-3-7-12(8-4-1)11-13-9-5-2-6-10-13;1-5-9-6-7-10(8-9)11(2,3)4;;;/h7-13H,1-6H3;1-10H;6,8,10H,5H2,1-4H3;2*1H;/q-1;;-1;;;+2. The van der Waals surface area contributed by atoms with Crippen LogP contribution in [0.3, 0.4) is 0 Å². The molecule has 48 heavy (non-hydrogen) atoms. The molecular formula is C45H54Cl2Zr. The summed E-state index contributed by atoms with van der Waals surface area (Å²) in [5, 5.41) is 5.48. The van der Waals surface area contributed by atoms with Crippen LogP contribution in [0.25, 0.3) is 21.5 Å². The number of allylic oxidation sites excluding steroid dienone is 4. The molecule has 5 aromatic rings. The van der Waals surface area contributed by atoms with Crippen molar-refractivity contribution in [3.8, 4) is 0 Å². The molecule has 0 aromatic heterocycles. The van der Waals surface area contributed by atoms with Gasteiger partial charge in [-0.15, -0.1) is 64.6 Å². The van der Waals surface area contributed by atoms with Crippen molar-refractivity contribution in [1.82, 2.24) is 0 Å². The van der Waals surface area contributed by atoms with Crippen LogP contribution < -0.4 is 0 Å². The number of halogens is 2. The van der Waals surface area contributed by atoms with Gasteiger partial charge >= 0.3 is 99.2 Å². The van der Waals surface area contributed by atoms with Crippen LogP contribution in [0.5, 0.6) is 0 Å². The van der Waals surface area contributed by atoms with Crippen LogP contribution in [0, 0.1) is 17.4 Å². The third-order valence-corrected chi connectivity index (χ3v) is 10.2. The van der Waals surface area contributed by atoms with E-state index < -0.39 is 0 Å². The molecule has 0 spiro atoms. The van der Waals surface area contributed by atoms with Gasteiger partial charge in [-0.25, -0.2) is 11.6 Å². The second-order valence-electron chi connectivity index (χ2n) is 15.6. The number of hydrogen-bond donors (Lipinski definition) is 0. The molecule has 0 aliphatic heterocycles. The van der Waals surface area contributed by atoms with E-state index in [2.05, 4.69) is 191 Å². The van der Waals surface area contributed by atoms with Crippen LogP contribution in [0.15, 0.2) is 121 Å². The van der Waals surface area contributed by atoms with E-state index in [-0.39, 0.29) is 35.6 Å². The molecule has 1 unspecified atom stereocenters. The van der Waals surface area contributed by atoms with E-state index in [1.54, 1.807) is 0 Å². The summed E-state index contributed by atoms with van der Waals surface area (Å²) in [5.74, 6) is 0.525. The monoisotopic (exact) mass is 754 g/mol. The van der Waals surface area contributed by atoms with Gasteiger partial charge in [0.05, 0.1) is 0 Å². The number of fused-ring (bicyclic) bond motifs is 3. The molecule has 0 bridgehead atoms. The molecule has 3 heteroatoms. The van der Waals surface area contributed by atoms with Gasteiger partial charge in [0.1, 0.15) is 0 Å². The molecule has 252 valence electrons. The molecule has 0 saturated heterocycles. The van der Waals surface area contributed by atoms with Crippen LogP contribution >= 0.6 is 24.8 Å². The first-order chi connectivity index (χ1) is 21.6. The molecular weight excluding hydrogens is 703 g/mol. The summed E-state index contributed by atoms with van der Waals surface area (Å²) in [6.45, 7) is 22.6. The molecule has 0 nitrogen and oxygen atoms in total. The van der Waals surface area contributed by atoms with Gasteiger partial charge in [0.15, 0.2) is 0 Å². The van der Waals surface area contributed by atoms with Crippen LogP contribution in [0.1, 0.15) is 97.9 Å². The molecule has 0 fully saturated rings. The molecule has 0 heterocycles. The topological polar surface area (TPSA) is 0 Å². The van der Waals surface area contributed by atoms with Crippen molar-refractivity contribution in [3.63, 3.8) is 0 Å². The summed E-state index contributed by atoms with van der Waals surface area (Å²) in [6.07, 6.45) is 8.99. The maximum atomic E-state index is 3.38. The summed E-state index contributed by atoms with van der Waals surface area (Å²) in [7, 11) is 0. The van der Waals surface area contributed by atoms with E-state index >= 15 is 0 Å². The summed E-state index contributed by atoms with van der Waals surface area (Å²) >= 11 is 1.46. The van der Waals surface area contributed by atoms with Crippen molar-refractivity contribution in [1.29, 1.82) is 0 Å². The Morgan fingerprint density at radius 2 is 1.06 bits per heavy atom. The average Bonchev–Trinajstić information content (AvgIpc) is 3.66. The molecule has 0 N–H and O–H groups in total. The normalized spacial score (nSPS) is 14.2. The van der Waals surface area contributed by atoms with E-state index in [0.717, 1.165) is 6.42 Å². The van der Waals surface area contributed by atoms with Crippen molar-refractivity contribution in [2.45, 2.75) is 86.5 Å². The average molecular weight is 757 g/mol. The minimum atomic E-state index is 0. The molecule has 0 radical (unpaired) electrons. The van der Waals surface area contributed by atoms with Crippen LogP contribution in [-0.4, -0.2) is 3.21 Å². The Morgan fingerprint density at radius 1 is 0.646 bits per heavy atom. The second kappa shape index (κ2) is 17.5. The van der Waals surface area contributed by atoms with Crippen LogP contribution in [0.2, 0.25) is 0 Å². The van der Waals surface area contributed by atoms with Crippen LogP contribution in [-0.2, 0) is 35.1 Å². The molecule has 5 aromatic carbocycles. The van der Waals surface area contributed by atoms with E-state index in [4.69, 9.17) is 0 Å². The Hall–Kier alpha value is -2.44. The fourth-order valence-corrected chi connectivity index (χ4v) is 6.38. The minimum absolute atomic E-state index is 0. The number of benzene rings is 4. The zero-order valence-electron chi connectivity index (χ0n) is 30.6. The van der Waals surface area contributed by atoms with E-state index in [9.17, 15) is 0 Å². The zero-order valence-corrected chi connectivity index (χ0v) is 34.7. The third kappa shape index (κ3) is 11.0. The Labute approximate surface area is 318 Å². The first-order valence-electron chi connectivity index (χ1n) is 16.7. The van der Waals surface area contributed by atoms with Gasteiger partial charge < -0.3 is 0 Å². The van der Waals surface area contributed by atoms with Gasteiger partial charge in [0.2, 0.25) is 0 Å². The van der Waals surface area contributed by atoms with Gasteiger partial charge in [-0.1, -0.05) is 117 Å². The summed E-state index contributed by atoms with van der Waals surface area (Å²) in [6, 6.07) is 37.3. The molecule has 6 rings (SSSR count). The van der Waals surface area contributed by atoms with Crippen molar-refractivity contribution >= 4 is 49.6 Å². The van der Waals surface area contributed by atoms with Crippen molar-refractivity contribution < 1.29 is 24.2 Å². The van der Waals surface area contributed by atoms with E-state index in [1.807, 2.05) is 0 Å². The molecule has 1 aliphatic carbocycles. The van der Waals surface area contributed by atoms with Gasteiger partial charge in [0, 0.05) is 0 Å². The summed E-state index contributed by atoms with van der Waals surface area (Å²) in [4.78, 5) is 0. The molecule has 0 amide bonds. The Balaban J connectivity index is 0.000000260. The SMILES string of the molecule is CC(C)(C)c1ccc2c(c1)[cH-]c1cc(C(C)(C)C)ccc12.CCC1=CC(C(C)(C)C)[C-]=C1.Cl.Cl.[Zr+2]=[C](c1ccccc1)c1ccccc1. The van der Waals surface area contributed by atoms with Crippen molar-refractivity contribution in [3.05, 3.63) is 149 Å². The molecule has 1 aliphatic rings. The van der Waals surface area contributed by atoms with Crippen LogP contribution in [0.4, 0.5) is 0 Å². The summed E-state index contributed by atoms with van der Waals surface area (Å²) < 4.78 is 1.42. The first kappa shape index (κ1) is 41.7. The van der Waals surface area contributed by atoms with Gasteiger partial charge in [-0.3, -0.25) is 6.08 Å². The number of rotatable bonds is 3. The third-order valence-electron chi connectivity index (χ3n) is 8.73. The Bertz CT molecular complexity index is 1710. The first-order valence-corrected chi connectivity index (χ1v) is 17.9. The fraction of sp³-hybridized carbons (Fsp3) is 0.333. The van der Waals surface area contributed by atoms with Crippen molar-refractivity contribution in [2.75, 3.05) is 0 Å². The Morgan fingerprint density at radius 3 is 1.38 bits per heavy atom. The van der Waals surface area contributed by atoms with Gasteiger partial charge in [-0.05, 0) is 16.2 Å². The van der Waals surface area contributed by atoms with Gasteiger partial charge in [-0.2, -0.15) is 6.08 Å². The van der Waals surface area contributed by atoms with Gasteiger partial charge in [0.25, 0.3) is 0 Å². The predicted octanol–water partition coefficient (Wildman–Crippen LogP) is 13.3. The molecule has 0 saturated carbocycles. The quantitative estimate of drug-likeness (QED) is 0.161. The zero-order chi connectivity index (χ0) is 33.7. The second-order valence-corrected chi connectivity index (χ2v) is 16.8.